The van der Waals surface area contributed by atoms with Crippen molar-refractivity contribution < 1.29 is 4.92 Å². The summed E-state index contributed by atoms with van der Waals surface area (Å²) in [6.07, 6.45) is 0.457. The number of hydrogen-bond acceptors (Lipinski definition) is 3. The fourth-order valence-electron chi connectivity index (χ4n) is 1.81. The van der Waals surface area contributed by atoms with Crippen molar-refractivity contribution >= 4 is 28.9 Å². The zero-order chi connectivity index (χ0) is 14.0. The van der Waals surface area contributed by atoms with Gasteiger partial charge in [0.2, 0.25) is 5.15 Å². The van der Waals surface area contributed by atoms with Crippen LogP contribution in [0.15, 0.2) is 24.3 Å². The summed E-state index contributed by atoms with van der Waals surface area (Å²) in [6, 6.07) is 7.21. The van der Waals surface area contributed by atoms with Gasteiger partial charge in [-0.3, -0.25) is 10.1 Å². The van der Waals surface area contributed by atoms with Gasteiger partial charge in [0.05, 0.1) is 11.5 Å². The molecule has 2 rings (SSSR count). The van der Waals surface area contributed by atoms with Crippen molar-refractivity contribution in [3.05, 3.63) is 55.8 Å². The predicted octanol–water partition coefficient (Wildman–Crippen LogP) is 3.71. The molecule has 0 N–H and O–H groups in total. The Kier molecular flexibility index (Phi) is 4.07. The Hall–Kier alpha value is -1.59. The van der Waals surface area contributed by atoms with E-state index in [4.69, 9.17) is 23.2 Å². The van der Waals surface area contributed by atoms with Crippen LogP contribution < -0.4 is 0 Å². The fourth-order valence-corrected chi connectivity index (χ4v) is 2.30. The third-order valence-corrected chi connectivity index (χ3v) is 3.28. The van der Waals surface area contributed by atoms with Crippen molar-refractivity contribution in [1.29, 1.82) is 0 Å². The van der Waals surface area contributed by atoms with Crippen LogP contribution in [0, 0.1) is 10.1 Å². The maximum atomic E-state index is 11.0. The molecule has 0 bridgehead atoms. The van der Waals surface area contributed by atoms with Crippen LogP contribution >= 0.6 is 23.2 Å². The molecule has 19 heavy (non-hydrogen) atoms. The monoisotopic (exact) mass is 299 g/mol. The zero-order valence-corrected chi connectivity index (χ0v) is 11.6. The Bertz CT molecular complexity index is 625. The number of nitrogens with zero attached hydrogens (tertiary/aromatic N) is 3. The molecule has 1 aromatic heterocycles. The van der Waals surface area contributed by atoms with Crippen LogP contribution in [-0.2, 0) is 13.0 Å². The molecule has 0 unspecified atom stereocenters. The minimum absolute atomic E-state index is 0.0434. The topological polar surface area (TPSA) is 61.0 Å². The van der Waals surface area contributed by atoms with Crippen molar-refractivity contribution in [3.63, 3.8) is 0 Å². The van der Waals surface area contributed by atoms with E-state index in [1.807, 2.05) is 12.1 Å². The van der Waals surface area contributed by atoms with E-state index in [-0.39, 0.29) is 10.8 Å². The van der Waals surface area contributed by atoms with E-state index in [0.717, 1.165) is 5.56 Å². The highest BCUT2D eigenvalue weighted by Gasteiger charge is 2.25. The van der Waals surface area contributed by atoms with E-state index in [9.17, 15) is 10.1 Å². The maximum Gasteiger partial charge on any atom is 0.329 e. The van der Waals surface area contributed by atoms with Crippen LogP contribution in [-0.4, -0.2) is 14.7 Å². The van der Waals surface area contributed by atoms with Gasteiger partial charge in [-0.05, 0) is 24.1 Å². The molecule has 5 nitrogen and oxygen atoms in total. The lowest BCUT2D eigenvalue weighted by Crippen LogP contribution is -2.02. The lowest BCUT2D eigenvalue weighted by Gasteiger charge is -2.03. The number of benzene rings is 1. The van der Waals surface area contributed by atoms with E-state index in [1.54, 1.807) is 19.1 Å². The van der Waals surface area contributed by atoms with Crippen LogP contribution in [0.3, 0.4) is 0 Å². The molecule has 0 aliphatic rings. The highest BCUT2D eigenvalue weighted by molar-refractivity contribution is 6.31. The number of hydrogen-bond donors (Lipinski definition) is 0. The maximum absolute atomic E-state index is 11.0. The van der Waals surface area contributed by atoms with E-state index in [1.165, 1.54) is 4.68 Å². The normalized spacial score (nSPS) is 10.7. The van der Waals surface area contributed by atoms with Crippen LogP contribution in [0.2, 0.25) is 10.2 Å². The van der Waals surface area contributed by atoms with Crippen LogP contribution in [0.5, 0.6) is 0 Å². The minimum Gasteiger partial charge on any atom is -0.258 e. The second kappa shape index (κ2) is 5.59. The van der Waals surface area contributed by atoms with Gasteiger partial charge in [0.15, 0.2) is 0 Å². The van der Waals surface area contributed by atoms with Crippen LogP contribution in [0.25, 0.3) is 0 Å². The van der Waals surface area contributed by atoms with Crippen LogP contribution in [0.1, 0.15) is 18.2 Å². The summed E-state index contributed by atoms with van der Waals surface area (Å²) in [5.41, 5.74) is 1.15. The molecule has 0 aliphatic carbocycles. The molecular formula is C12H11Cl2N3O2. The highest BCUT2D eigenvalue weighted by Crippen LogP contribution is 2.29. The Morgan fingerprint density at radius 3 is 2.68 bits per heavy atom. The van der Waals surface area contributed by atoms with Crippen LogP contribution in [0.4, 0.5) is 5.69 Å². The molecule has 7 heteroatoms. The highest BCUT2D eigenvalue weighted by atomic mass is 35.5. The number of aromatic nitrogens is 2. The number of nitro groups is 1. The molecule has 0 saturated carbocycles. The smallest absolute Gasteiger partial charge is 0.258 e. The van der Waals surface area contributed by atoms with Gasteiger partial charge in [-0.1, -0.05) is 42.3 Å². The SMILES string of the molecule is CCc1nn(Cc2cccc(Cl)c2)c(Cl)c1[N+](=O)[O-]. The molecule has 0 saturated heterocycles. The van der Waals surface area contributed by atoms with Crippen molar-refractivity contribution in [2.45, 2.75) is 19.9 Å². The quantitative estimate of drug-likeness (QED) is 0.638. The summed E-state index contributed by atoms with van der Waals surface area (Å²) in [7, 11) is 0. The summed E-state index contributed by atoms with van der Waals surface area (Å²) in [5, 5.41) is 15.8. The Morgan fingerprint density at radius 1 is 1.42 bits per heavy atom. The first-order valence-corrected chi connectivity index (χ1v) is 6.42. The van der Waals surface area contributed by atoms with Crippen molar-refractivity contribution in [2.75, 3.05) is 0 Å². The van der Waals surface area contributed by atoms with Gasteiger partial charge in [-0.2, -0.15) is 5.10 Å². The average Bonchev–Trinajstić information content (AvgIpc) is 2.66. The second-order valence-electron chi connectivity index (χ2n) is 3.98. The van der Waals surface area contributed by atoms with Gasteiger partial charge in [-0.15, -0.1) is 0 Å². The zero-order valence-electron chi connectivity index (χ0n) is 10.1. The van der Waals surface area contributed by atoms with E-state index >= 15 is 0 Å². The predicted molar refractivity (Wildman–Crippen MR) is 73.8 cm³/mol. The van der Waals surface area contributed by atoms with Gasteiger partial charge >= 0.3 is 5.69 Å². The van der Waals surface area contributed by atoms with Crippen molar-refractivity contribution in [3.8, 4) is 0 Å². The Morgan fingerprint density at radius 2 is 2.16 bits per heavy atom. The summed E-state index contributed by atoms with van der Waals surface area (Å²) >= 11 is 11.9. The minimum atomic E-state index is -0.497. The first-order valence-electron chi connectivity index (χ1n) is 5.67. The average molecular weight is 300 g/mol. The molecule has 1 heterocycles. The molecule has 0 fully saturated rings. The number of rotatable bonds is 4. The fraction of sp³-hybridized carbons (Fsp3) is 0.250. The molecule has 0 aliphatic heterocycles. The summed E-state index contributed by atoms with van der Waals surface area (Å²) in [4.78, 5) is 10.5. The third-order valence-electron chi connectivity index (χ3n) is 2.68. The number of aryl methyl sites for hydroxylation is 1. The Labute approximate surface area is 119 Å². The van der Waals surface area contributed by atoms with E-state index in [2.05, 4.69) is 5.10 Å². The standard InChI is InChI=1S/C12H11Cl2N3O2/c1-2-10-11(17(18)19)12(14)16(15-10)7-8-4-3-5-9(13)6-8/h3-6H,2,7H2,1H3. The van der Waals surface area contributed by atoms with Gasteiger partial charge in [0.1, 0.15) is 5.69 Å². The summed E-state index contributed by atoms with van der Waals surface area (Å²) < 4.78 is 1.42. The summed E-state index contributed by atoms with van der Waals surface area (Å²) in [6.45, 7) is 2.15. The van der Waals surface area contributed by atoms with Crippen molar-refractivity contribution in [1.82, 2.24) is 9.78 Å². The summed E-state index contributed by atoms with van der Waals surface area (Å²) in [5.74, 6) is 0. The lowest BCUT2D eigenvalue weighted by molar-refractivity contribution is -0.385. The van der Waals surface area contributed by atoms with E-state index < -0.39 is 4.92 Å². The third kappa shape index (κ3) is 2.88. The molecule has 0 spiro atoms. The molecule has 0 amide bonds. The van der Waals surface area contributed by atoms with Gasteiger partial charge in [0, 0.05) is 5.02 Å². The molecule has 0 radical (unpaired) electrons. The molecule has 2 aromatic rings. The molecule has 1 aromatic carbocycles. The molecular weight excluding hydrogens is 289 g/mol. The number of halogens is 2. The largest absolute Gasteiger partial charge is 0.329 e. The Balaban J connectivity index is 2.38. The molecule has 100 valence electrons. The first-order chi connectivity index (χ1) is 9.02. The first kappa shape index (κ1) is 13.8. The second-order valence-corrected chi connectivity index (χ2v) is 4.78. The van der Waals surface area contributed by atoms with Gasteiger partial charge < -0.3 is 0 Å². The van der Waals surface area contributed by atoms with Gasteiger partial charge in [-0.25, -0.2) is 4.68 Å². The van der Waals surface area contributed by atoms with E-state index in [0.29, 0.717) is 23.7 Å². The van der Waals surface area contributed by atoms with Crippen molar-refractivity contribution in [2.24, 2.45) is 0 Å². The van der Waals surface area contributed by atoms with Gasteiger partial charge in [0.25, 0.3) is 0 Å². The lowest BCUT2D eigenvalue weighted by atomic mass is 10.2. The molecule has 0 atom stereocenters.